The molecule has 1 aliphatic rings. The van der Waals surface area contributed by atoms with E-state index in [9.17, 15) is 9.59 Å². The zero-order valence-electron chi connectivity index (χ0n) is 18.5. The Labute approximate surface area is 189 Å². The highest BCUT2D eigenvalue weighted by molar-refractivity contribution is 6.30. The van der Waals surface area contributed by atoms with Gasteiger partial charge in [-0.15, -0.1) is 0 Å². The number of carbonyl (C=O) groups excluding carboxylic acids is 2. The van der Waals surface area contributed by atoms with E-state index in [2.05, 4.69) is 5.32 Å². The number of amides is 2. The molecule has 2 aromatic rings. The first-order valence-electron chi connectivity index (χ1n) is 10.9. The minimum Gasteiger partial charge on any atom is -0.483 e. The first-order valence-corrected chi connectivity index (χ1v) is 11.3. The van der Waals surface area contributed by atoms with E-state index in [0.717, 1.165) is 42.4 Å². The van der Waals surface area contributed by atoms with E-state index < -0.39 is 6.04 Å². The van der Waals surface area contributed by atoms with Gasteiger partial charge in [-0.2, -0.15) is 0 Å². The van der Waals surface area contributed by atoms with Crippen LogP contribution in [0.1, 0.15) is 49.3 Å². The monoisotopic (exact) mass is 442 g/mol. The third-order valence-electron chi connectivity index (χ3n) is 5.81. The summed E-state index contributed by atoms with van der Waals surface area (Å²) in [7, 11) is 0. The molecular formula is C25H31ClN2O3. The summed E-state index contributed by atoms with van der Waals surface area (Å²) >= 11 is 6.13. The van der Waals surface area contributed by atoms with Crippen LogP contribution in [0.2, 0.25) is 5.02 Å². The van der Waals surface area contributed by atoms with E-state index in [1.165, 1.54) is 0 Å². The lowest BCUT2D eigenvalue weighted by Crippen LogP contribution is -2.50. The molecule has 1 N–H and O–H groups in total. The van der Waals surface area contributed by atoms with Gasteiger partial charge >= 0.3 is 0 Å². The summed E-state index contributed by atoms with van der Waals surface area (Å²) < 4.78 is 5.84. The van der Waals surface area contributed by atoms with Gasteiger partial charge in [0.1, 0.15) is 11.8 Å². The number of nitrogens with zero attached hydrogens (tertiary/aromatic N) is 1. The number of nitrogens with one attached hydrogen (secondary N) is 1. The Bertz CT molecular complexity index is 925. The van der Waals surface area contributed by atoms with Crippen LogP contribution in [0.3, 0.4) is 0 Å². The van der Waals surface area contributed by atoms with Gasteiger partial charge in [-0.3, -0.25) is 9.59 Å². The zero-order valence-corrected chi connectivity index (χ0v) is 19.2. The van der Waals surface area contributed by atoms with Gasteiger partial charge in [0.2, 0.25) is 5.91 Å². The van der Waals surface area contributed by atoms with Crippen LogP contribution in [0.4, 0.5) is 0 Å². The summed E-state index contributed by atoms with van der Waals surface area (Å²) in [6.07, 6.45) is 4.26. The average molecular weight is 443 g/mol. The molecule has 6 heteroatoms. The maximum absolute atomic E-state index is 13.2. The standard InChI is InChI=1S/C25H31ClN2O3/c1-17-11-12-18(2)23(13-17)31-16-24(29)28(15-20-7-6-8-21(26)14-20)19(3)25(30)27-22-9-4-5-10-22/h6-8,11-14,19,22H,4-5,9-10,15-16H2,1-3H3,(H,27,30)/t19-/m0/s1. The topological polar surface area (TPSA) is 58.6 Å². The Morgan fingerprint density at radius 2 is 1.90 bits per heavy atom. The molecule has 0 spiro atoms. The minimum atomic E-state index is -0.616. The van der Waals surface area contributed by atoms with Crippen LogP contribution in [-0.4, -0.2) is 35.4 Å². The molecule has 2 aromatic carbocycles. The van der Waals surface area contributed by atoms with E-state index in [-0.39, 0.29) is 31.0 Å². The number of ether oxygens (including phenoxy) is 1. The maximum atomic E-state index is 13.2. The lowest BCUT2D eigenvalue weighted by molar-refractivity contribution is -0.142. The third kappa shape index (κ3) is 6.47. The fourth-order valence-corrected chi connectivity index (χ4v) is 4.10. The molecule has 31 heavy (non-hydrogen) atoms. The highest BCUT2D eigenvalue weighted by Gasteiger charge is 2.28. The van der Waals surface area contributed by atoms with E-state index in [1.54, 1.807) is 17.9 Å². The van der Waals surface area contributed by atoms with E-state index in [1.807, 2.05) is 50.2 Å². The second-order valence-electron chi connectivity index (χ2n) is 8.38. The highest BCUT2D eigenvalue weighted by atomic mass is 35.5. The SMILES string of the molecule is Cc1ccc(C)c(OCC(=O)N(Cc2cccc(Cl)c2)[C@@H](C)C(=O)NC2CCCC2)c1. The fourth-order valence-electron chi connectivity index (χ4n) is 3.89. The molecule has 0 unspecified atom stereocenters. The van der Waals surface area contributed by atoms with Crippen molar-refractivity contribution in [3.8, 4) is 5.75 Å². The molecule has 0 heterocycles. The van der Waals surface area contributed by atoms with Crippen LogP contribution >= 0.6 is 11.6 Å². The molecule has 0 aliphatic heterocycles. The molecule has 166 valence electrons. The summed E-state index contributed by atoms with van der Waals surface area (Å²) in [5, 5.41) is 3.70. The van der Waals surface area contributed by atoms with Crippen molar-refractivity contribution in [3.63, 3.8) is 0 Å². The molecule has 1 aliphatic carbocycles. The van der Waals surface area contributed by atoms with Crippen molar-refractivity contribution in [2.24, 2.45) is 0 Å². The Morgan fingerprint density at radius 3 is 2.61 bits per heavy atom. The smallest absolute Gasteiger partial charge is 0.261 e. The first kappa shape index (κ1) is 23.1. The zero-order chi connectivity index (χ0) is 22.4. The highest BCUT2D eigenvalue weighted by Crippen LogP contribution is 2.21. The minimum absolute atomic E-state index is 0.131. The molecule has 0 bridgehead atoms. The predicted molar refractivity (Wildman–Crippen MR) is 123 cm³/mol. The molecule has 2 amide bonds. The maximum Gasteiger partial charge on any atom is 0.261 e. The molecule has 5 nitrogen and oxygen atoms in total. The van der Waals surface area contributed by atoms with E-state index in [0.29, 0.717) is 10.8 Å². The van der Waals surface area contributed by atoms with Crippen LogP contribution in [0, 0.1) is 13.8 Å². The normalized spacial score (nSPS) is 14.8. The number of aryl methyl sites for hydroxylation is 2. The molecule has 0 aromatic heterocycles. The van der Waals surface area contributed by atoms with Gasteiger partial charge in [0, 0.05) is 17.6 Å². The Hall–Kier alpha value is -2.53. The van der Waals surface area contributed by atoms with Gasteiger partial charge < -0.3 is 15.0 Å². The van der Waals surface area contributed by atoms with Gasteiger partial charge in [0.25, 0.3) is 5.91 Å². The van der Waals surface area contributed by atoms with Crippen molar-refractivity contribution in [1.29, 1.82) is 0 Å². The summed E-state index contributed by atoms with van der Waals surface area (Å²) in [4.78, 5) is 27.6. The third-order valence-corrected chi connectivity index (χ3v) is 6.04. The molecule has 1 fully saturated rings. The molecular weight excluding hydrogens is 412 g/mol. The van der Waals surface area contributed by atoms with Gasteiger partial charge in [-0.1, -0.05) is 48.7 Å². The number of rotatable bonds is 8. The number of carbonyl (C=O) groups is 2. The molecule has 3 rings (SSSR count). The molecule has 1 saturated carbocycles. The van der Waals surface area contributed by atoms with Crippen molar-refractivity contribution in [2.75, 3.05) is 6.61 Å². The molecule has 0 radical (unpaired) electrons. The number of hydrogen-bond acceptors (Lipinski definition) is 3. The fraction of sp³-hybridized carbons (Fsp3) is 0.440. The van der Waals surface area contributed by atoms with Crippen LogP contribution in [-0.2, 0) is 16.1 Å². The second kappa shape index (κ2) is 10.7. The molecule has 0 saturated heterocycles. The average Bonchev–Trinajstić information content (AvgIpc) is 3.25. The molecule has 1 atom stereocenters. The Balaban J connectivity index is 1.73. The Morgan fingerprint density at radius 1 is 1.16 bits per heavy atom. The number of halogens is 1. The summed E-state index contributed by atoms with van der Waals surface area (Å²) in [5.74, 6) is 0.308. The van der Waals surface area contributed by atoms with Gasteiger partial charge in [0.05, 0.1) is 0 Å². The number of benzene rings is 2. The van der Waals surface area contributed by atoms with Crippen molar-refractivity contribution < 1.29 is 14.3 Å². The predicted octanol–water partition coefficient (Wildman–Crippen LogP) is 4.81. The Kier molecular flexibility index (Phi) is 7.97. The summed E-state index contributed by atoms with van der Waals surface area (Å²) in [5.41, 5.74) is 2.90. The lowest BCUT2D eigenvalue weighted by Gasteiger charge is -2.30. The largest absolute Gasteiger partial charge is 0.483 e. The quantitative estimate of drug-likeness (QED) is 0.638. The summed E-state index contributed by atoms with van der Waals surface area (Å²) in [6.45, 7) is 5.85. The van der Waals surface area contributed by atoms with Gasteiger partial charge in [-0.25, -0.2) is 0 Å². The first-order chi connectivity index (χ1) is 14.8. The second-order valence-corrected chi connectivity index (χ2v) is 8.81. The van der Waals surface area contributed by atoms with E-state index >= 15 is 0 Å². The van der Waals surface area contributed by atoms with Crippen molar-refractivity contribution >= 4 is 23.4 Å². The van der Waals surface area contributed by atoms with Crippen molar-refractivity contribution in [2.45, 2.75) is 65.1 Å². The van der Waals surface area contributed by atoms with Crippen LogP contribution in [0.25, 0.3) is 0 Å². The number of hydrogen-bond donors (Lipinski definition) is 1. The van der Waals surface area contributed by atoms with E-state index in [4.69, 9.17) is 16.3 Å². The van der Waals surface area contributed by atoms with Crippen molar-refractivity contribution in [3.05, 3.63) is 64.2 Å². The summed E-state index contributed by atoms with van der Waals surface area (Å²) in [6, 6.07) is 12.8. The van der Waals surface area contributed by atoms with Crippen molar-refractivity contribution in [1.82, 2.24) is 10.2 Å². The lowest BCUT2D eigenvalue weighted by atomic mass is 10.1. The van der Waals surface area contributed by atoms with Crippen LogP contribution in [0.5, 0.6) is 5.75 Å². The van der Waals surface area contributed by atoms with Gasteiger partial charge in [0.15, 0.2) is 6.61 Å². The van der Waals surface area contributed by atoms with Crippen LogP contribution < -0.4 is 10.1 Å². The van der Waals surface area contributed by atoms with Crippen LogP contribution in [0.15, 0.2) is 42.5 Å². The van der Waals surface area contributed by atoms with Gasteiger partial charge in [-0.05, 0) is 68.5 Å².